The van der Waals surface area contributed by atoms with Crippen molar-refractivity contribution in [3.8, 4) is 11.5 Å². The maximum atomic E-state index is 10.9. The minimum atomic E-state index is -4.48. The first-order valence-corrected chi connectivity index (χ1v) is 25.7. The number of rotatable bonds is 7. The number of para-hydroxylation sites is 1. The number of hydrogen-bond acceptors (Lipinski definition) is 16. The van der Waals surface area contributed by atoms with E-state index < -0.39 is 32.3 Å². The number of hydrogen-bond donors (Lipinski definition) is 5. The quantitative estimate of drug-likeness (QED) is 0.0440. The number of phenolic OH excluding ortho intramolecular Hbond substituents is 2. The fraction of sp³-hybridized carbons (Fsp3) is 0.0172. The van der Waals surface area contributed by atoms with Crippen LogP contribution in [0.3, 0.4) is 0 Å². The van der Waals surface area contributed by atoms with Crippen molar-refractivity contribution >= 4 is 87.6 Å². The zero-order valence-electron chi connectivity index (χ0n) is 42.1. The van der Waals surface area contributed by atoms with E-state index in [9.17, 15) is 45.7 Å². The van der Waals surface area contributed by atoms with Gasteiger partial charge in [0.25, 0.3) is 0 Å². The molecule has 11 rings (SSSR count). The molecule has 0 amide bonds. The molecule has 17 nitrogen and oxygen atoms in total. The third-order valence-electron chi connectivity index (χ3n) is 11.0. The zero-order valence-corrected chi connectivity index (χ0v) is 47.8. The number of fused-ring (bicyclic) bond motifs is 4. The second-order valence-electron chi connectivity index (χ2n) is 16.3. The number of hydrazone groups is 1. The number of aliphatic hydroxyl groups excluding tert-OH is 1. The van der Waals surface area contributed by atoms with Gasteiger partial charge in [-0.2, -0.15) is 10.2 Å². The van der Waals surface area contributed by atoms with Gasteiger partial charge in [-0.15, -0.1) is 5.11 Å². The van der Waals surface area contributed by atoms with Crippen molar-refractivity contribution in [3.63, 3.8) is 0 Å². The van der Waals surface area contributed by atoms with Crippen molar-refractivity contribution in [1.29, 1.82) is 0 Å². The monoisotopic (exact) mass is 1110 g/mol. The normalized spacial score (nSPS) is 12.8. The maximum Gasteiger partial charge on any atom is 1.00 e. The number of aromatic carboxylic acids is 1. The molecule has 5 N–H and O–H groups in total. The van der Waals surface area contributed by atoms with Gasteiger partial charge in [0.05, 0.1) is 26.7 Å². The summed E-state index contributed by atoms with van der Waals surface area (Å²) < 4.78 is 70.2. The number of carboxylic acids is 1. The Balaban J connectivity index is 0.000000190. The Morgan fingerprint density at radius 2 is 1.11 bits per heavy atom. The van der Waals surface area contributed by atoms with E-state index in [1.54, 1.807) is 66.7 Å². The molecule has 0 saturated heterocycles. The number of nitrogens with one attached hydrogen (secondary N) is 1. The van der Waals surface area contributed by atoms with Crippen LogP contribution in [0.5, 0.6) is 11.5 Å². The van der Waals surface area contributed by atoms with Crippen LogP contribution >= 0.6 is 0 Å². The van der Waals surface area contributed by atoms with Gasteiger partial charge in [0.15, 0.2) is 0 Å². The van der Waals surface area contributed by atoms with Crippen LogP contribution in [0.1, 0.15) is 21.5 Å². The molecule has 1 unspecified atom stereocenters. The van der Waals surface area contributed by atoms with E-state index in [0.29, 0.717) is 39.7 Å². The van der Waals surface area contributed by atoms with Gasteiger partial charge in [-0.25, -0.2) is 26.4 Å². The molecule has 1 aromatic heterocycles. The average Bonchev–Trinajstić information content (AvgIpc) is 3.46. The molecular formula is C58H44N4Na2O13S2. The van der Waals surface area contributed by atoms with Gasteiger partial charge >= 0.3 is 70.7 Å². The molecule has 0 spiro atoms. The van der Waals surface area contributed by atoms with Crippen LogP contribution < -0.4 is 70.2 Å². The Hall–Kier alpha value is -7.63. The van der Waals surface area contributed by atoms with Crippen molar-refractivity contribution in [2.45, 2.75) is 15.9 Å². The molecule has 1 atom stereocenters. The van der Waals surface area contributed by atoms with Crippen LogP contribution in [0.2, 0.25) is 0 Å². The number of anilines is 1. The summed E-state index contributed by atoms with van der Waals surface area (Å²) in [7, 11) is -8.95. The molecule has 10 aromatic rings. The van der Waals surface area contributed by atoms with Gasteiger partial charge in [-0.05, 0) is 119 Å². The molecule has 0 saturated carbocycles. The summed E-state index contributed by atoms with van der Waals surface area (Å²) in [6.07, 6.45) is 2.63. The minimum absolute atomic E-state index is 0. The molecule has 1 aliphatic carbocycles. The van der Waals surface area contributed by atoms with Crippen LogP contribution in [-0.2, 0) is 20.2 Å². The van der Waals surface area contributed by atoms with Crippen molar-refractivity contribution in [1.82, 2.24) is 0 Å². The van der Waals surface area contributed by atoms with Gasteiger partial charge in [0, 0.05) is 22.4 Å². The standard InChI is InChI=1S/C16H14N2O4S.C16H12N2O4S.C10H8O.C9H6O2.C7H6O2.2Na/c2*19-15-10-5-11-3-1-2-4-14(11)16(15)18-17-12-6-8-13(9-7-12)23(20,21)22;11-10-6-5-8-3-1-2-4-9(8)7-10;10-9-6-5-7-3-1-2-4-8(7)11-9;8-7(9)6-4-2-1-3-5-6;;/h1-10,15,17,19H,(H,20,21,22);1-10,19H,(H,20,21,22);1-7,11H;1-6H;1-5H,(H,8,9);;/q;;;;;2*+1/p-2/b18-16-;;;;;;. The largest absolute Gasteiger partial charge is 1.00 e. The topological polar surface area (TPSA) is 292 Å². The first-order valence-electron chi connectivity index (χ1n) is 22.9. The predicted octanol–water partition coefficient (Wildman–Crippen LogP) is 5.39. The second-order valence-corrected chi connectivity index (χ2v) is 19.0. The van der Waals surface area contributed by atoms with Crippen molar-refractivity contribution in [3.05, 3.63) is 252 Å². The average molecular weight is 1120 g/mol. The summed E-state index contributed by atoms with van der Waals surface area (Å²) in [6, 6.07) is 60.8. The van der Waals surface area contributed by atoms with Crippen molar-refractivity contribution in [2.75, 3.05) is 5.43 Å². The van der Waals surface area contributed by atoms with Crippen LogP contribution in [0.25, 0.3) is 38.6 Å². The molecule has 0 radical (unpaired) electrons. The van der Waals surface area contributed by atoms with E-state index in [2.05, 4.69) is 20.8 Å². The van der Waals surface area contributed by atoms with E-state index >= 15 is 0 Å². The molecule has 1 heterocycles. The third kappa shape index (κ3) is 18.2. The van der Waals surface area contributed by atoms with Crippen molar-refractivity contribution < 1.29 is 115 Å². The Morgan fingerprint density at radius 1 is 0.570 bits per heavy atom. The fourth-order valence-corrected chi connectivity index (χ4v) is 8.11. The number of azo groups is 1. The first-order chi connectivity index (χ1) is 36.9. The second kappa shape index (κ2) is 29.4. The number of phenols is 2. The summed E-state index contributed by atoms with van der Waals surface area (Å²) in [5.74, 6) is -0.564. The van der Waals surface area contributed by atoms with Gasteiger partial charge < -0.3 is 33.9 Å². The molecule has 1 aliphatic rings. The number of aromatic hydroxyl groups is 2. The third-order valence-corrected chi connectivity index (χ3v) is 12.7. The van der Waals surface area contributed by atoms with Crippen LogP contribution in [0.15, 0.2) is 259 Å². The summed E-state index contributed by atoms with van der Waals surface area (Å²) in [5, 5.41) is 54.6. The molecule has 388 valence electrons. The molecular weight excluding hydrogens is 1070 g/mol. The van der Waals surface area contributed by atoms with Gasteiger partial charge in [0.1, 0.15) is 54.8 Å². The van der Waals surface area contributed by atoms with Gasteiger partial charge in [-0.3, -0.25) is 5.43 Å². The Morgan fingerprint density at radius 3 is 1.76 bits per heavy atom. The summed E-state index contributed by atoms with van der Waals surface area (Å²) >= 11 is 0. The summed E-state index contributed by atoms with van der Waals surface area (Å²) in [5.41, 5.74) is 6.85. The molecule has 0 aliphatic heterocycles. The minimum Gasteiger partial charge on any atom is -0.744 e. The van der Waals surface area contributed by atoms with E-state index in [1.165, 1.54) is 60.7 Å². The van der Waals surface area contributed by atoms with E-state index in [1.807, 2.05) is 103 Å². The molecule has 0 fully saturated rings. The van der Waals surface area contributed by atoms with Crippen LogP contribution in [-0.4, -0.2) is 64.2 Å². The smallest absolute Gasteiger partial charge is 0.744 e. The van der Waals surface area contributed by atoms with Gasteiger partial charge in [-0.1, -0.05) is 127 Å². The zero-order chi connectivity index (χ0) is 55.0. The number of carboxylic acid groups (broad SMARTS) is 1. The number of carbonyl (C=O) groups is 1. The first kappa shape index (κ1) is 62.2. The van der Waals surface area contributed by atoms with Crippen LogP contribution in [0, 0.1) is 0 Å². The number of nitrogens with zero attached hydrogens (tertiary/aromatic N) is 3. The number of benzene rings is 9. The molecule has 79 heavy (non-hydrogen) atoms. The number of aliphatic hydroxyl groups is 1. The maximum absolute atomic E-state index is 10.9. The van der Waals surface area contributed by atoms with Gasteiger partial charge in [0.2, 0.25) is 0 Å². The molecule has 0 bridgehead atoms. The Labute approximate surface area is 497 Å². The van der Waals surface area contributed by atoms with Crippen molar-refractivity contribution in [2.24, 2.45) is 15.3 Å². The molecule has 21 heteroatoms. The summed E-state index contributed by atoms with van der Waals surface area (Å²) in [4.78, 5) is 20.3. The summed E-state index contributed by atoms with van der Waals surface area (Å²) in [6.45, 7) is 0. The fourth-order valence-electron chi connectivity index (χ4n) is 7.17. The molecule has 9 aromatic carbocycles. The predicted molar refractivity (Wildman–Crippen MR) is 292 cm³/mol. The Bertz CT molecular complexity index is 4070. The van der Waals surface area contributed by atoms with E-state index in [0.717, 1.165) is 38.1 Å². The van der Waals surface area contributed by atoms with E-state index in [4.69, 9.17) is 14.6 Å². The Kier molecular flexibility index (Phi) is 23.1. The van der Waals surface area contributed by atoms with E-state index in [-0.39, 0.29) is 80.3 Å². The van der Waals surface area contributed by atoms with Crippen LogP contribution in [0.4, 0.5) is 17.1 Å². The SMILES string of the molecule is O=C(O)c1ccccc1.O=S(=O)([O-])c1ccc(N/N=C2/c3ccccc3C=CC2O)cc1.O=S(=O)([O-])c1ccc(N=Nc2c(O)ccc3ccccc23)cc1.O=c1ccc2ccccc2o1.Oc1ccc2ccccc2c1.[Na+].[Na+].